The van der Waals surface area contributed by atoms with Crippen molar-refractivity contribution >= 4 is 28.8 Å². The topological polar surface area (TPSA) is 84.4 Å². The molecule has 30 heavy (non-hydrogen) atoms. The van der Waals surface area contributed by atoms with Gasteiger partial charge in [0.2, 0.25) is 5.91 Å². The van der Waals surface area contributed by atoms with Gasteiger partial charge < -0.3 is 15.0 Å². The van der Waals surface area contributed by atoms with Gasteiger partial charge >= 0.3 is 0 Å². The first kappa shape index (κ1) is 20.2. The Hall–Kier alpha value is -3.10. The number of hydrogen-bond donors (Lipinski definition) is 1. The zero-order chi connectivity index (χ0) is 20.9. The molecule has 2 aromatic heterocycles. The van der Waals surface area contributed by atoms with Crippen LogP contribution in [0.2, 0.25) is 0 Å². The van der Waals surface area contributed by atoms with E-state index in [9.17, 15) is 9.59 Å². The Labute approximate surface area is 178 Å². The SMILES string of the molecule is Cc1c(NC(=O)Cc2csc(-c3cccnc3)n2)cccc1C(=O)N1CCOCC1. The predicted molar refractivity (Wildman–Crippen MR) is 116 cm³/mol. The molecular formula is C22H22N4O3S. The van der Waals surface area contributed by atoms with Gasteiger partial charge in [-0.05, 0) is 36.8 Å². The summed E-state index contributed by atoms with van der Waals surface area (Å²) in [5, 5.41) is 5.64. The van der Waals surface area contributed by atoms with Gasteiger partial charge in [-0.25, -0.2) is 4.98 Å². The van der Waals surface area contributed by atoms with Gasteiger partial charge in [-0.3, -0.25) is 14.6 Å². The van der Waals surface area contributed by atoms with Gasteiger partial charge in [0.15, 0.2) is 0 Å². The maximum Gasteiger partial charge on any atom is 0.254 e. The van der Waals surface area contributed by atoms with Crippen molar-refractivity contribution < 1.29 is 14.3 Å². The van der Waals surface area contributed by atoms with Crippen LogP contribution in [0.25, 0.3) is 10.6 Å². The van der Waals surface area contributed by atoms with E-state index in [0.29, 0.717) is 43.2 Å². The van der Waals surface area contributed by atoms with E-state index in [1.54, 1.807) is 29.4 Å². The number of rotatable bonds is 5. The van der Waals surface area contributed by atoms with Crippen LogP contribution < -0.4 is 5.32 Å². The third-order valence-electron chi connectivity index (χ3n) is 4.94. The van der Waals surface area contributed by atoms with Crippen LogP contribution in [0.4, 0.5) is 5.69 Å². The highest BCUT2D eigenvalue weighted by Crippen LogP contribution is 2.24. The van der Waals surface area contributed by atoms with Crippen LogP contribution in [0.15, 0.2) is 48.1 Å². The Balaban J connectivity index is 1.43. The first-order valence-electron chi connectivity index (χ1n) is 9.73. The molecule has 0 unspecified atom stereocenters. The molecule has 7 nitrogen and oxygen atoms in total. The minimum Gasteiger partial charge on any atom is -0.378 e. The minimum atomic E-state index is -0.169. The Kier molecular flexibility index (Phi) is 6.15. The maximum atomic E-state index is 12.8. The fourth-order valence-electron chi connectivity index (χ4n) is 3.31. The zero-order valence-electron chi connectivity index (χ0n) is 16.6. The van der Waals surface area contributed by atoms with E-state index in [0.717, 1.165) is 16.1 Å². The summed E-state index contributed by atoms with van der Waals surface area (Å²) in [4.78, 5) is 35.8. The molecule has 2 amide bonds. The van der Waals surface area contributed by atoms with Crippen LogP contribution in [-0.4, -0.2) is 53.0 Å². The standard InChI is InChI=1S/C22H22N4O3S/c1-15-18(22(28)26-8-10-29-11-9-26)5-2-6-19(15)25-20(27)12-17-14-30-21(24-17)16-4-3-7-23-13-16/h2-7,13-14H,8-12H2,1H3,(H,25,27). The number of nitrogens with one attached hydrogen (secondary N) is 1. The van der Waals surface area contributed by atoms with Crippen LogP contribution in [0.5, 0.6) is 0 Å². The minimum absolute atomic E-state index is 0.0347. The quantitative estimate of drug-likeness (QED) is 0.683. The molecular weight excluding hydrogens is 400 g/mol. The van der Waals surface area contributed by atoms with Gasteiger partial charge in [0.05, 0.1) is 25.3 Å². The van der Waals surface area contributed by atoms with Crippen LogP contribution in [0.1, 0.15) is 21.6 Å². The van der Waals surface area contributed by atoms with Crippen molar-refractivity contribution in [1.29, 1.82) is 0 Å². The smallest absolute Gasteiger partial charge is 0.254 e. The highest BCUT2D eigenvalue weighted by molar-refractivity contribution is 7.13. The summed E-state index contributed by atoms with van der Waals surface area (Å²) in [6.45, 7) is 4.12. The summed E-state index contributed by atoms with van der Waals surface area (Å²) in [5.41, 5.74) is 3.63. The van der Waals surface area contributed by atoms with Crippen molar-refractivity contribution in [3.05, 3.63) is 64.9 Å². The monoisotopic (exact) mass is 422 g/mol. The number of benzene rings is 1. The summed E-state index contributed by atoms with van der Waals surface area (Å²) in [5.74, 6) is -0.204. The fourth-order valence-corrected chi connectivity index (χ4v) is 4.12. The van der Waals surface area contributed by atoms with Crippen molar-refractivity contribution in [2.45, 2.75) is 13.3 Å². The molecule has 1 N–H and O–H groups in total. The Morgan fingerprint density at radius 3 is 2.80 bits per heavy atom. The lowest BCUT2D eigenvalue weighted by molar-refractivity contribution is -0.115. The molecule has 0 atom stereocenters. The van der Waals surface area contributed by atoms with Crippen LogP contribution in [0, 0.1) is 6.92 Å². The summed E-state index contributed by atoms with van der Waals surface area (Å²) < 4.78 is 5.32. The largest absolute Gasteiger partial charge is 0.378 e. The van der Waals surface area contributed by atoms with Gasteiger partial charge in [0, 0.05) is 47.7 Å². The number of morpholine rings is 1. The molecule has 0 radical (unpaired) electrons. The lowest BCUT2D eigenvalue weighted by Crippen LogP contribution is -2.41. The van der Waals surface area contributed by atoms with Gasteiger partial charge in [-0.2, -0.15) is 0 Å². The van der Waals surface area contributed by atoms with Crippen molar-refractivity contribution in [1.82, 2.24) is 14.9 Å². The zero-order valence-corrected chi connectivity index (χ0v) is 17.4. The van der Waals surface area contributed by atoms with E-state index in [-0.39, 0.29) is 18.2 Å². The molecule has 1 saturated heterocycles. The van der Waals surface area contributed by atoms with Crippen molar-refractivity contribution in [2.75, 3.05) is 31.6 Å². The molecule has 3 aromatic rings. The molecule has 0 aliphatic carbocycles. The van der Waals surface area contributed by atoms with E-state index < -0.39 is 0 Å². The van der Waals surface area contributed by atoms with E-state index in [1.165, 1.54) is 11.3 Å². The fraction of sp³-hybridized carbons (Fsp3) is 0.273. The third-order valence-corrected chi connectivity index (χ3v) is 5.88. The number of carbonyl (C=O) groups excluding carboxylic acids is 2. The number of nitrogens with zero attached hydrogens (tertiary/aromatic N) is 3. The molecule has 0 bridgehead atoms. The first-order valence-corrected chi connectivity index (χ1v) is 10.6. The summed E-state index contributed by atoms with van der Waals surface area (Å²) in [6, 6.07) is 9.20. The summed E-state index contributed by atoms with van der Waals surface area (Å²) in [7, 11) is 0. The maximum absolute atomic E-state index is 12.8. The van der Waals surface area contributed by atoms with Gasteiger partial charge in [-0.15, -0.1) is 11.3 Å². The Morgan fingerprint density at radius 2 is 2.03 bits per heavy atom. The number of carbonyl (C=O) groups is 2. The number of pyridine rings is 1. The first-order chi connectivity index (χ1) is 14.6. The highest BCUT2D eigenvalue weighted by Gasteiger charge is 2.21. The second-order valence-corrected chi connectivity index (χ2v) is 7.85. The molecule has 1 aromatic carbocycles. The average Bonchev–Trinajstić information content (AvgIpc) is 3.24. The molecule has 1 fully saturated rings. The molecule has 1 aliphatic rings. The number of hydrogen-bond acceptors (Lipinski definition) is 6. The lowest BCUT2D eigenvalue weighted by Gasteiger charge is -2.27. The van der Waals surface area contributed by atoms with Crippen molar-refractivity contribution in [3.63, 3.8) is 0 Å². The summed E-state index contributed by atoms with van der Waals surface area (Å²) >= 11 is 1.48. The molecule has 0 saturated carbocycles. The second kappa shape index (κ2) is 9.15. The number of ether oxygens (including phenoxy) is 1. The molecule has 1 aliphatic heterocycles. The molecule has 8 heteroatoms. The van der Waals surface area contributed by atoms with E-state index in [2.05, 4.69) is 15.3 Å². The third kappa shape index (κ3) is 4.55. The lowest BCUT2D eigenvalue weighted by atomic mass is 10.0. The molecule has 4 rings (SSSR count). The summed E-state index contributed by atoms with van der Waals surface area (Å²) in [6.07, 6.45) is 3.63. The molecule has 0 spiro atoms. The van der Waals surface area contributed by atoms with Crippen molar-refractivity contribution in [2.24, 2.45) is 0 Å². The highest BCUT2D eigenvalue weighted by atomic mass is 32.1. The van der Waals surface area contributed by atoms with Gasteiger partial charge in [0.1, 0.15) is 5.01 Å². The normalized spacial score (nSPS) is 13.8. The average molecular weight is 423 g/mol. The Morgan fingerprint density at radius 1 is 1.20 bits per heavy atom. The van der Waals surface area contributed by atoms with E-state index in [1.807, 2.05) is 30.5 Å². The molecule has 154 valence electrons. The Bertz CT molecular complexity index is 1050. The van der Waals surface area contributed by atoms with E-state index >= 15 is 0 Å². The van der Waals surface area contributed by atoms with Gasteiger partial charge in [-0.1, -0.05) is 6.07 Å². The van der Waals surface area contributed by atoms with Crippen LogP contribution in [-0.2, 0) is 16.0 Å². The number of anilines is 1. The van der Waals surface area contributed by atoms with Crippen LogP contribution >= 0.6 is 11.3 Å². The second-order valence-electron chi connectivity index (χ2n) is 6.99. The number of amides is 2. The number of thiazole rings is 1. The molecule has 3 heterocycles. The van der Waals surface area contributed by atoms with Crippen LogP contribution in [0.3, 0.4) is 0 Å². The predicted octanol–water partition coefficient (Wildman–Crippen LogP) is 3.17. The van der Waals surface area contributed by atoms with E-state index in [4.69, 9.17) is 4.74 Å². The number of aromatic nitrogens is 2. The van der Waals surface area contributed by atoms with Gasteiger partial charge in [0.25, 0.3) is 5.91 Å². The van der Waals surface area contributed by atoms with Crippen molar-refractivity contribution in [3.8, 4) is 10.6 Å².